The highest BCUT2D eigenvalue weighted by atomic mass is 19.2. The van der Waals surface area contributed by atoms with E-state index in [4.69, 9.17) is 5.73 Å². The van der Waals surface area contributed by atoms with Crippen LogP contribution < -0.4 is 16.4 Å². The molecule has 10 heteroatoms. The maximum Gasteiger partial charge on any atom is 0.323 e. The van der Waals surface area contributed by atoms with Gasteiger partial charge in [-0.05, 0) is 55.2 Å². The van der Waals surface area contributed by atoms with Crippen LogP contribution in [0.2, 0.25) is 0 Å². The number of hydrogen-bond donors (Lipinski definition) is 4. The van der Waals surface area contributed by atoms with Crippen LogP contribution >= 0.6 is 0 Å². The summed E-state index contributed by atoms with van der Waals surface area (Å²) >= 11 is 0. The first-order valence-electron chi connectivity index (χ1n) is 10.4. The molecule has 3 amide bonds. The van der Waals surface area contributed by atoms with Gasteiger partial charge in [-0.15, -0.1) is 0 Å². The first-order valence-corrected chi connectivity index (χ1v) is 10.4. The number of aromatic amines is 1. The van der Waals surface area contributed by atoms with Crippen molar-refractivity contribution in [2.45, 2.75) is 31.3 Å². The Hall–Kier alpha value is -3.97. The van der Waals surface area contributed by atoms with Crippen molar-refractivity contribution in [2.24, 2.45) is 5.73 Å². The molecule has 1 aromatic heterocycles. The summed E-state index contributed by atoms with van der Waals surface area (Å²) in [6, 6.07) is 8.53. The summed E-state index contributed by atoms with van der Waals surface area (Å²) < 4.78 is 26.4. The lowest BCUT2D eigenvalue weighted by molar-refractivity contribution is -0.132. The topological polar surface area (TPSA) is 127 Å². The SMILES string of the molecule is N#C[C@@H]1CCCN1C(=O)C(N)Cc1c[nH]c2ccc(NC(=O)Nc3ccc(F)c(F)c3)cc12. The molecule has 0 aliphatic carbocycles. The Morgan fingerprint density at radius 1 is 1.18 bits per heavy atom. The first-order chi connectivity index (χ1) is 15.9. The summed E-state index contributed by atoms with van der Waals surface area (Å²) in [6.45, 7) is 0.528. The number of anilines is 2. The van der Waals surface area contributed by atoms with Gasteiger partial charge in [0.25, 0.3) is 0 Å². The normalized spacial score (nSPS) is 16.4. The number of hydrogen-bond acceptors (Lipinski definition) is 4. The van der Waals surface area contributed by atoms with E-state index < -0.39 is 29.7 Å². The van der Waals surface area contributed by atoms with Crippen LogP contribution in [0.15, 0.2) is 42.6 Å². The fourth-order valence-corrected chi connectivity index (χ4v) is 3.99. The summed E-state index contributed by atoms with van der Waals surface area (Å²) in [5.74, 6) is -2.32. The van der Waals surface area contributed by atoms with E-state index in [-0.39, 0.29) is 18.0 Å². The van der Waals surface area contributed by atoms with Crippen LogP contribution in [0.5, 0.6) is 0 Å². The van der Waals surface area contributed by atoms with Gasteiger partial charge in [0.15, 0.2) is 11.6 Å². The minimum absolute atomic E-state index is 0.108. The number of fused-ring (bicyclic) bond motifs is 1. The van der Waals surface area contributed by atoms with Gasteiger partial charge in [0.1, 0.15) is 6.04 Å². The molecular formula is C23H22F2N6O2. The highest BCUT2D eigenvalue weighted by Gasteiger charge is 2.31. The van der Waals surface area contributed by atoms with Crippen LogP contribution in [0.25, 0.3) is 10.9 Å². The van der Waals surface area contributed by atoms with Crippen LogP contribution in [0.4, 0.5) is 25.0 Å². The average Bonchev–Trinajstić information content (AvgIpc) is 3.42. The van der Waals surface area contributed by atoms with Crippen molar-refractivity contribution in [1.82, 2.24) is 9.88 Å². The number of H-pyrrole nitrogens is 1. The van der Waals surface area contributed by atoms with Crippen molar-refractivity contribution in [3.63, 3.8) is 0 Å². The third kappa shape index (κ3) is 4.78. The number of aromatic nitrogens is 1. The molecule has 5 N–H and O–H groups in total. The summed E-state index contributed by atoms with van der Waals surface area (Å²) in [4.78, 5) is 29.7. The quantitative estimate of drug-likeness (QED) is 0.473. The summed E-state index contributed by atoms with van der Waals surface area (Å²) in [5.41, 5.74) is 8.34. The number of amides is 3. The van der Waals surface area contributed by atoms with Crippen LogP contribution in [-0.2, 0) is 11.2 Å². The molecule has 8 nitrogen and oxygen atoms in total. The second-order valence-electron chi connectivity index (χ2n) is 7.91. The van der Waals surface area contributed by atoms with E-state index >= 15 is 0 Å². The summed E-state index contributed by atoms with van der Waals surface area (Å²) in [6.07, 6.45) is 3.46. The molecule has 1 aliphatic rings. The van der Waals surface area contributed by atoms with Crippen molar-refractivity contribution in [2.75, 3.05) is 17.2 Å². The lowest BCUT2D eigenvalue weighted by atomic mass is 10.0. The van der Waals surface area contributed by atoms with Crippen LogP contribution in [0, 0.1) is 23.0 Å². The van der Waals surface area contributed by atoms with Gasteiger partial charge in [0, 0.05) is 41.1 Å². The predicted molar refractivity (Wildman–Crippen MR) is 119 cm³/mol. The second kappa shape index (κ2) is 9.26. The van der Waals surface area contributed by atoms with Crippen molar-refractivity contribution < 1.29 is 18.4 Å². The van der Waals surface area contributed by atoms with Crippen LogP contribution in [0.1, 0.15) is 18.4 Å². The largest absolute Gasteiger partial charge is 0.361 e. The number of halogens is 2. The van der Waals surface area contributed by atoms with Gasteiger partial charge >= 0.3 is 6.03 Å². The third-order valence-corrected chi connectivity index (χ3v) is 5.64. The summed E-state index contributed by atoms with van der Waals surface area (Å²) in [5, 5.41) is 15.1. The van der Waals surface area contributed by atoms with E-state index in [2.05, 4.69) is 21.7 Å². The third-order valence-electron chi connectivity index (χ3n) is 5.64. The Labute approximate surface area is 188 Å². The van der Waals surface area contributed by atoms with Gasteiger partial charge in [0.2, 0.25) is 5.91 Å². The predicted octanol–water partition coefficient (Wildman–Crippen LogP) is 3.47. The van der Waals surface area contributed by atoms with Gasteiger partial charge in [0.05, 0.1) is 12.1 Å². The molecule has 3 aromatic rings. The number of rotatable bonds is 5. The lowest BCUT2D eigenvalue weighted by Crippen LogP contribution is -2.46. The van der Waals surface area contributed by atoms with E-state index in [1.54, 1.807) is 24.4 Å². The van der Waals surface area contributed by atoms with Gasteiger partial charge in [-0.3, -0.25) is 4.79 Å². The van der Waals surface area contributed by atoms with Gasteiger partial charge in [-0.25, -0.2) is 13.6 Å². The number of nitrogens with one attached hydrogen (secondary N) is 3. The zero-order chi connectivity index (χ0) is 23.5. The number of urea groups is 1. The van der Waals surface area contributed by atoms with E-state index in [0.29, 0.717) is 18.7 Å². The Kier molecular flexibility index (Phi) is 6.24. The molecule has 0 bridgehead atoms. The molecule has 1 unspecified atom stereocenters. The monoisotopic (exact) mass is 452 g/mol. The molecule has 2 atom stereocenters. The zero-order valence-electron chi connectivity index (χ0n) is 17.6. The Balaban J connectivity index is 1.45. The van der Waals surface area contributed by atoms with Crippen LogP contribution in [-0.4, -0.2) is 40.5 Å². The van der Waals surface area contributed by atoms with Gasteiger partial charge < -0.3 is 26.3 Å². The van der Waals surface area contributed by atoms with Gasteiger partial charge in [-0.1, -0.05) is 0 Å². The fourth-order valence-electron chi connectivity index (χ4n) is 3.99. The molecule has 170 valence electrons. The molecule has 4 rings (SSSR count). The number of nitrogens with zero attached hydrogens (tertiary/aromatic N) is 2. The first kappa shape index (κ1) is 22.2. The van der Waals surface area contributed by atoms with Crippen molar-refractivity contribution >= 4 is 34.2 Å². The van der Waals surface area contributed by atoms with E-state index in [1.807, 2.05) is 0 Å². The molecule has 33 heavy (non-hydrogen) atoms. The minimum atomic E-state index is -1.06. The fraction of sp³-hybridized carbons (Fsp3) is 0.261. The zero-order valence-corrected chi connectivity index (χ0v) is 17.6. The lowest BCUT2D eigenvalue weighted by Gasteiger charge is -2.23. The molecule has 0 radical (unpaired) electrons. The Bertz CT molecular complexity index is 1250. The Morgan fingerprint density at radius 2 is 1.91 bits per heavy atom. The van der Waals surface area contributed by atoms with Gasteiger partial charge in [-0.2, -0.15) is 5.26 Å². The molecule has 2 heterocycles. The molecule has 1 saturated heterocycles. The van der Waals surface area contributed by atoms with E-state index in [1.165, 1.54) is 11.0 Å². The molecular weight excluding hydrogens is 430 g/mol. The standard InChI is InChI=1S/C23H22F2N6O2/c24-18-5-3-15(10-19(18)25)30-23(33)29-14-4-6-21-17(9-14)13(12-28-21)8-20(27)22(32)31-7-1-2-16(31)11-26/h3-6,9-10,12,16,20,28H,1-2,7-8,27H2,(H2,29,30,33)/t16-,20?/m0/s1. The maximum absolute atomic E-state index is 13.3. The minimum Gasteiger partial charge on any atom is -0.361 e. The molecule has 2 aromatic carbocycles. The van der Waals surface area contributed by atoms with Crippen molar-refractivity contribution in [1.29, 1.82) is 5.26 Å². The number of carbonyl (C=O) groups excluding carboxylic acids is 2. The van der Waals surface area contributed by atoms with Crippen molar-refractivity contribution in [3.8, 4) is 6.07 Å². The number of nitriles is 1. The van der Waals surface area contributed by atoms with E-state index in [9.17, 15) is 23.6 Å². The van der Waals surface area contributed by atoms with E-state index in [0.717, 1.165) is 35.0 Å². The maximum atomic E-state index is 13.3. The van der Waals surface area contributed by atoms with Crippen molar-refractivity contribution in [3.05, 3.63) is 59.8 Å². The molecule has 1 fully saturated rings. The van der Waals surface area contributed by atoms with Crippen LogP contribution in [0.3, 0.4) is 0 Å². The highest BCUT2D eigenvalue weighted by molar-refractivity contribution is 6.01. The number of benzene rings is 2. The second-order valence-corrected chi connectivity index (χ2v) is 7.91. The average molecular weight is 452 g/mol. The number of carbonyl (C=O) groups is 2. The summed E-state index contributed by atoms with van der Waals surface area (Å²) in [7, 11) is 0. The molecule has 0 saturated carbocycles. The molecule has 0 spiro atoms. The smallest absolute Gasteiger partial charge is 0.323 e. The number of likely N-dealkylation sites (tertiary alicyclic amines) is 1. The Morgan fingerprint density at radius 3 is 2.64 bits per heavy atom. The molecule has 1 aliphatic heterocycles. The number of nitrogens with two attached hydrogens (primary N) is 1. The highest BCUT2D eigenvalue weighted by Crippen LogP contribution is 2.25.